The first kappa shape index (κ1) is 16.4. The highest BCUT2D eigenvalue weighted by Gasteiger charge is 2.31. The number of hydrogen-bond acceptors (Lipinski definition) is 3. The van der Waals surface area contributed by atoms with Crippen LogP contribution < -0.4 is 15.1 Å². The molecule has 1 fully saturated rings. The lowest BCUT2D eigenvalue weighted by Crippen LogP contribution is -2.45. The Morgan fingerprint density at radius 2 is 2.04 bits per heavy atom. The molecule has 0 saturated carbocycles. The van der Waals surface area contributed by atoms with E-state index in [4.69, 9.17) is 4.74 Å². The molecular formula is C17H17F3N2O2. The second-order valence-electron chi connectivity index (χ2n) is 5.68. The molecule has 1 atom stereocenters. The summed E-state index contributed by atoms with van der Waals surface area (Å²) in [4.78, 5) is 16.7. The number of nitrogens with one attached hydrogen (secondary N) is 1. The fourth-order valence-electron chi connectivity index (χ4n) is 2.83. The number of piperidine rings is 1. The summed E-state index contributed by atoms with van der Waals surface area (Å²) in [5.74, 6) is 0.147. The SMILES string of the molecule is O=c1cc[nH]cc1N1CCCCC1Oc1cccc(C(F)(F)F)c1. The van der Waals surface area contributed by atoms with Crippen molar-refractivity contribution in [3.05, 3.63) is 58.5 Å². The molecule has 3 rings (SSSR count). The van der Waals surface area contributed by atoms with Gasteiger partial charge >= 0.3 is 6.18 Å². The van der Waals surface area contributed by atoms with E-state index >= 15 is 0 Å². The maximum atomic E-state index is 12.8. The van der Waals surface area contributed by atoms with Crippen molar-refractivity contribution < 1.29 is 17.9 Å². The number of ether oxygens (including phenoxy) is 1. The van der Waals surface area contributed by atoms with Gasteiger partial charge in [-0.05, 0) is 31.0 Å². The van der Waals surface area contributed by atoms with Crippen LogP contribution in [0.25, 0.3) is 0 Å². The Hall–Kier alpha value is -2.44. The number of benzene rings is 1. The van der Waals surface area contributed by atoms with E-state index in [1.165, 1.54) is 18.2 Å². The molecule has 0 spiro atoms. The minimum atomic E-state index is -4.41. The first-order chi connectivity index (χ1) is 11.4. The molecule has 24 heavy (non-hydrogen) atoms. The van der Waals surface area contributed by atoms with Crippen molar-refractivity contribution in [1.29, 1.82) is 0 Å². The second-order valence-corrected chi connectivity index (χ2v) is 5.68. The molecular weight excluding hydrogens is 321 g/mol. The largest absolute Gasteiger partial charge is 0.471 e. The third-order valence-electron chi connectivity index (χ3n) is 3.99. The van der Waals surface area contributed by atoms with Gasteiger partial charge in [-0.1, -0.05) is 6.07 Å². The summed E-state index contributed by atoms with van der Waals surface area (Å²) in [6.45, 7) is 0.622. The molecule has 0 amide bonds. The number of alkyl halides is 3. The van der Waals surface area contributed by atoms with Crippen LogP contribution in [-0.4, -0.2) is 17.8 Å². The molecule has 1 saturated heterocycles. The maximum absolute atomic E-state index is 12.8. The molecule has 2 aromatic rings. The first-order valence-corrected chi connectivity index (χ1v) is 7.73. The summed E-state index contributed by atoms with van der Waals surface area (Å²) in [6, 6.07) is 6.23. The van der Waals surface area contributed by atoms with Crippen LogP contribution in [0.3, 0.4) is 0 Å². The van der Waals surface area contributed by atoms with Crippen LogP contribution in [0, 0.1) is 0 Å². The molecule has 7 heteroatoms. The van der Waals surface area contributed by atoms with Crippen molar-refractivity contribution in [2.75, 3.05) is 11.4 Å². The van der Waals surface area contributed by atoms with Crippen molar-refractivity contribution in [1.82, 2.24) is 4.98 Å². The van der Waals surface area contributed by atoms with Gasteiger partial charge in [-0.3, -0.25) is 4.79 Å². The van der Waals surface area contributed by atoms with E-state index in [-0.39, 0.29) is 11.2 Å². The van der Waals surface area contributed by atoms with Crippen molar-refractivity contribution >= 4 is 5.69 Å². The Morgan fingerprint density at radius 1 is 1.21 bits per heavy atom. The lowest BCUT2D eigenvalue weighted by atomic mass is 10.1. The molecule has 1 aromatic heterocycles. The topological polar surface area (TPSA) is 45.3 Å². The van der Waals surface area contributed by atoms with E-state index in [2.05, 4.69) is 4.98 Å². The second kappa shape index (κ2) is 6.59. The van der Waals surface area contributed by atoms with Crippen LogP contribution in [0.4, 0.5) is 18.9 Å². The number of anilines is 1. The number of halogens is 3. The van der Waals surface area contributed by atoms with Crippen LogP contribution in [0.15, 0.2) is 47.5 Å². The van der Waals surface area contributed by atoms with Crippen molar-refractivity contribution in [2.45, 2.75) is 31.7 Å². The molecule has 1 unspecified atom stereocenters. The van der Waals surface area contributed by atoms with E-state index in [9.17, 15) is 18.0 Å². The zero-order valence-corrected chi connectivity index (χ0v) is 12.8. The monoisotopic (exact) mass is 338 g/mol. The quantitative estimate of drug-likeness (QED) is 0.926. The standard InChI is InChI=1S/C17H17F3N2O2/c18-17(19,20)12-4-3-5-13(10-12)24-16-6-1-2-9-22(16)14-11-21-8-7-15(14)23/h3-5,7-8,10-11,16H,1-2,6,9H2,(H,21,23). The number of aromatic amines is 1. The summed E-state index contributed by atoms with van der Waals surface area (Å²) < 4.78 is 44.3. The third-order valence-corrected chi connectivity index (χ3v) is 3.99. The smallest absolute Gasteiger partial charge is 0.416 e. The van der Waals surface area contributed by atoms with Crippen LogP contribution in [-0.2, 0) is 6.18 Å². The molecule has 4 nitrogen and oxygen atoms in total. The highest BCUT2D eigenvalue weighted by Crippen LogP contribution is 2.32. The first-order valence-electron chi connectivity index (χ1n) is 7.73. The van der Waals surface area contributed by atoms with E-state index in [0.29, 0.717) is 18.7 Å². The van der Waals surface area contributed by atoms with Gasteiger partial charge < -0.3 is 14.6 Å². The molecule has 128 valence electrons. The van der Waals surface area contributed by atoms with Crippen molar-refractivity contribution in [3.8, 4) is 5.75 Å². The minimum absolute atomic E-state index is 0.145. The average molecular weight is 338 g/mol. The van der Waals surface area contributed by atoms with Gasteiger partial charge in [0.05, 0.1) is 5.56 Å². The van der Waals surface area contributed by atoms with Gasteiger partial charge in [-0.15, -0.1) is 0 Å². The minimum Gasteiger partial charge on any atom is -0.471 e. The summed E-state index contributed by atoms with van der Waals surface area (Å²) in [5.41, 5.74) is -0.428. The Kier molecular flexibility index (Phi) is 4.51. The van der Waals surface area contributed by atoms with Gasteiger partial charge in [0.2, 0.25) is 5.43 Å². The van der Waals surface area contributed by atoms with Crippen LogP contribution >= 0.6 is 0 Å². The van der Waals surface area contributed by atoms with Crippen molar-refractivity contribution in [3.63, 3.8) is 0 Å². The summed E-state index contributed by atoms with van der Waals surface area (Å²) in [6.07, 6.45) is 0.689. The number of rotatable bonds is 3. The van der Waals surface area contributed by atoms with Gasteiger partial charge in [-0.2, -0.15) is 13.2 Å². The third kappa shape index (κ3) is 3.55. The van der Waals surface area contributed by atoms with Gasteiger partial charge in [0, 0.05) is 31.4 Å². The Labute approximate surface area is 136 Å². The number of aromatic nitrogens is 1. The van der Waals surface area contributed by atoms with Gasteiger partial charge in [-0.25, -0.2) is 0 Å². The molecule has 0 aliphatic carbocycles. The Bertz CT molecular complexity index is 758. The zero-order chi connectivity index (χ0) is 17.2. The molecule has 1 aliphatic heterocycles. The van der Waals surface area contributed by atoms with Gasteiger partial charge in [0.1, 0.15) is 11.4 Å². The highest BCUT2D eigenvalue weighted by molar-refractivity contribution is 5.45. The fraction of sp³-hybridized carbons (Fsp3) is 0.353. The summed E-state index contributed by atoms with van der Waals surface area (Å²) in [7, 11) is 0. The zero-order valence-electron chi connectivity index (χ0n) is 12.8. The van der Waals surface area contributed by atoms with E-state index in [1.807, 2.05) is 4.90 Å². The van der Waals surface area contributed by atoms with Crippen LogP contribution in [0.1, 0.15) is 24.8 Å². The van der Waals surface area contributed by atoms with Gasteiger partial charge in [0.15, 0.2) is 6.23 Å². The normalized spacial score (nSPS) is 18.5. The molecule has 1 N–H and O–H groups in total. The van der Waals surface area contributed by atoms with E-state index in [1.54, 1.807) is 12.4 Å². The van der Waals surface area contributed by atoms with E-state index < -0.39 is 18.0 Å². The summed E-state index contributed by atoms with van der Waals surface area (Å²) in [5, 5.41) is 0. The predicted octanol–water partition coefficient (Wildman–Crippen LogP) is 3.79. The summed E-state index contributed by atoms with van der Waals surface area (Å²) >= 11 is 0. The molecule has 1 aliphatic rings. The molecule has 0 radical (unpaired) electrons. The number of pyridine rings is 1. The molecule has 1 aromatic carbocycles. The fourth-order valence-corrected chi connectivity index (χ4v) is 2.83. The number of hydrogen-bond donors (Lipinski definition) is 1. The predicted molar refractivity (Wildman–Crippen MR) is 84.1 cm³/mol. The average Bonchev–Trinajstić information content (AvgIpc) is 2.56. The number of nitrogens with zero attached hydrogens (tertiary/aromatic N) is 1. The molecule has 0 bridgehead atoms. The Balaban J connectivity index is 1.85. The Morgan fingerprint density at radius 3 is 2.79 bits per heavy atom. The van der Waals surface area contributed by atoms with Gasteiger partial charge in [0.25, 0.3) is 0 Å². The molecule has 2 heterocycles. The van der Waals surface area contributed by atoms with Crippen molar-refractivity contribution in [2.24, 2.45) is 0 Å². The lowest BCUT2D eigenvalue weighted by Gasteiger charge is -2.36. The van der Waals surface area contributed by atoms with Crippen LogP contribution in [0.2, 0.25) is 0 Å². The van der Waals surface area contributed by atoms with E-state index in [0.717, 1.165) is 25.0 Å². The highest BCUT2D eigenvalue weighted by atomic mass is 19.4. The van der Waals surface area contributed by atoms with Crippen LogP contribution in [0.5, 0.6) is 5.75 Å². The lowest BCUT2D eigenvalue weighted by molar-refractivity contribution is -0.137. The number of H-pyrrole nitrogens is 1. The maximum Gasteiger partial charge on any atom is 0.416 e.